The van der Waals surface area contributed by atoms with Gasteiger partial charge in [-0.3, -0.25) is 34.7 Å². The fourth-order valence-electron chi connectivity index (χ4n) is 3.13. The van der Waals surface area contributed by atoms with Crippen LogP contribution in [-0.4, -0.2) is 53.3 Å². The summed E-state index contributed by atoms with van der Waals surface area (Å²) in [5.74, 6) is -1.59. The number of carbonyl (C=O) groups excluding carboxylic acids is 4. The molecule has 0 spiro atoms. The van der Waals surface area contributed by atoms with Crippen LogP contribution in [0.3, 0.4) is 0 Å². The Bertz CT molecular complexity index is 1150. The number of nitrogens with one attached hydrogen (secondary N) is 2. The van der Waals surface area contributed by atoms with E-state index in [1.54, 1.807) is 12.1 Å². The lowest BCUT2D eigenvalue weighted by atomic mass is 10.1. The first kappa shape index (κ1) is 19.8. The number of carbonyl (C=O) groups is 4. The normalized spacial score (nSPS) is 14.1. The number of amides is 5. The molecule has 0 fully saturated rings. The third kappa shape index (κ3) is 3.85. The highest BCUT2D eigenvalue weighted by Crippen LogP contribution is 2.32. The van der Waals surface area contributed by atoms with E-state index in [1.165, 1.54) is 6.07 Å². The molecule has 2 aliphatic rings. The molecule has 5 amide bonds. The number of hydrogen-bond donors (Lipinski definition) is 2. The number of rotatable bonds is 4. The van der Waals surface area contributed by atoms with Gasteiger partial charge in [0, 0.05) is 23.9 Å². The number of fused-ring (bicyclic) bond motifs is 2. The van der Waals surface area contributed by atoms with Gasteiger partial charge in [0.15, 0.2) is 11.5 Å². The molecule has 0 unspecified atom stereocenters. The lowest BCUT2D eigenvalue weighted by molar-refractivity contribution is -0.384. The van der Waals surface area contributed by atoms with Crippen molar-refractivity contribution < 1.29 is 33.6 Å². The van der Waals surface area contributed by atoms with E-state index in [9.17, 15) is 29.3 Å². The number of anilines is 1. The highest BCUT2D eigenvalue weighted by Gasteiger charge is 2.38. The van der Waals surface area contributed by atoms with Gasteiger partial charge in [0.25, 0.3) is 17.5 Å². The number of nitro benzene ring substituents is 1. The molecule has 0 atom stereocenters. The third-order valence-corrected chi connectivity index (χ3v) is 4.52. The number of imide groups is 2. The fourth-order valence-corrected chi connectivity index (χ4v) is 3.13. The van der Waals surface area contributed by atoms with E-state index in [4.69, 9.17) is 9.47 Å². The van der Waals surface area contributed by atoms with E-state index in [2.05, 4.69) is 5.32 Å². The van der Waals surface area contributed by atoms with Crippen LogP contribution in [-0.2, 0) is 4.79 Å². The maximum absolute atomic E-state index is 12.4. The van der Waals surface area contributed by atoms with Gasteiger partial charge in [-0.25, -0.2) is 4.79 Å². The molecular formula is C19H14N4O8. The number of nitro groups is 1. The largest absolute Gasteiger partial charge is 0.486 e. The summed E-state index contributed by atoms with van der Waals surface area (Å²) >= 11 is 0. The molecular weight excluding hydrogens is 412 g/mol. The van der Waals surface area contributed by atoms with Crippen LogP contribution in [0.25, 0.3) is 0 Å². The first-order valence-corrected chi connectivity index (χ1v) is 8.98. The summed E-state index contributed by atoms with van der Waals surface area (Å²) in [5, 5.41) is 15.3. The van der Waals surface area contributed by atoms with E-state index in [0.717, 1.165) is 18.2 Å². The molecule has 31 heavy (non-hydrogen) atoms. The summed E-state index contributed by atoms with van der Waals surface area (Å²) in [4.78, 5) is 59.8. The molecule has 2 heterocycles. The number of urea groups is 1. The Labute approximate surface area is 173 Å². The summed E-state index contributed by atoms with van der Waals surface area (Å²) in [7, 11) is 0. The third-order valence-electron chi connectivity index (χ3n) is 4.52. The van der Waals surface area contributed by atoms with Crippen molar-refractivity contribution in [1.82, 2.24) is 10.2 Å². The SMILES string of the molecule is O=C(CN1C(=O)c2ccc([N+](=O)[O-])cc2C1=O)NC(=O)Nc1ccc2c(c1)OCCO2. The molecule has 0 aromatic heterocycles. The molecule has 12 nitrogen and oxygen atoms in total. The summed E-state index contributed by atoms with van der Waals surface area (Å²) in [5.41, 5.74) is -0.246. The van der Waals surface area contributed by atoms with Crippen molar-refractivity contribution in [3.8, 4) is 11.5 Å². The van der Waals surface area contributed by atoms with Crippen molar-refractivity contribution in [2.75, 3.05) is 25.1 Å². The summed E-state index contributed by atoms with van der Waals surface area (Å²) in [6, 6.07) is 7.01. The van der Waals surface area contributed by atoms with Crippen molar-refractivity contribution >= 4 is 35.1 Å². The first-order valence-electron chi connectivity index (χ1n) is 8.98. The Morgan fingerprint density at radius 1 is 1.00 bits per heavy atom. The van der Waals surface area contributed by atoms with Crippen LogP contribution in [0, 0.1) is 10.1 Å². The van der Waals surface area contributed by atoms with Crippen LogP contribution < -0.4 is 20.1 Å². The summed E-state index contributed by atoms with van der Waals surface area (Å²) in [6.45, 7) is 0.0548. The molecule has 12 heteroatoms. The molecule has 0 aliphatic carbocycles. The van der Waals surface area contributed by atoms with E-state index in [-0.39, 0.29) is 16.8 Å². The number of benzene rings is 2. The van der Waals surface area contributed by atoms with Gasteiger partial charge in [0.05, 0.1) is 16.1 Å². The molecule has 0 bridgehead atoms. The molecule has 158 valence electrons. The number of hydrogen-bond acceptors (Lipinski definition) is 8. The minimum Gasteiger partial charge on any atom is -0.486 e. The average molecular weight is 426 g/mol. The molecule has 2 aromatic rings. The second-order valence-corrected chi connectivity index (χ2v) is 6.54. The topological polar surface area (TPSA) is 157 Å². The Hall–Kier alpha value is -4.48. The zero-order valence-electron chi connectivity index (χ0n) is 15.7. The van der Waals surface area contributed by atoms with Gasteiger partial charge in [-0.15, -0.1) is 0 Å². The highest BCUT2D eigenvalue weighted by atomic mass is 16.6. The molecule has 0 saturated carbocycles. The fraction of sp³-hybridized carbons (Fsp3) is 0.158. The summed E-state index contributed by atoms with van der Waals surface area (Å²) < 4.78 is 10.8. The van der Waals surface area contributed by atoms with Crippen LogP contribution in [0.5, 0.6) is 11.5 Å². The molecule has 2 aromatic carbocycles. The predicted octanol–water partition coefficient (Wildman–Crippen LogP) is 1.31. The van der Waals surface area contributed by atoms with Crippen LogP contribution in [0.15, 0.2) is 36.4 Å². The minimum atomic E-state index is -0.918. The van der Waals surface area contributed by atoms with Crippen molar-refractivity contribution in [1.29, 1.82) is 0 Å². The Morgan fingerprint density at radius 2 is 1.71 bits per heavy atom. The van der Waals surface area contributed by atoms with E-state index in [1.807, 2.05) is 5.32 Å². The van der Waals surface area contributed by atoms with Gasteiger partial charge in [0.1, 0.15) is 19.8 Å². The van der Waals surface area contributed by atoms with Gasteiger partial charge in [-0.1, -0.05) is 0 Å². The van der Waals surface area contributed by atoms with E-state index >= 15 is 0 Å². The zero-order chi connectivity index (χ0) is 22.1. The van der Waals surface area contributed by atoms with Crippen molar-refractivity contribution in [3.63, 3.8) is 0 Å². The van der Waals surface area contributed by atoms with Crippen LogP contribution in [0.1, 0.15) is 20.7 Å². The first-order chi connectivity index (χ1) is 14.8. The number of ether oxygens (including phenoxy) is 2. The van der Waals surface area contributed by atoms with Gasteiger partial charge in [-0.05, 0) is 18.2 Å². The Balaban J connectivity index is 1.38. The van der Waals surface area contributed by atoms with Crippen LogP contribution >= 0.6 is 0 Å². The van der Waals surface area contributed by atoms with Gasteiger partial charge in [-0.2, -0.15) is 0 Å². The number of nitrogens with zero attached hydrogens (tertiary/aromatic N) is 2. The van der Waals surface area contributed by atoms with Crippen molar-refractivity contribution in [2.24, 2.45) is 0 Å². The molecule has 0 saturated heterocycles. The summed E-state index contributed by atoms with van der Waals surface area (Å²) in [6.07, 6.45) is 0. The van der Waals surface area contributed by atoms with E-state index in [0.29, 0.717) is 35.3 Å². The smallest absolute Gasteiger partial charge is 0.325 e. The second-order valence-electron chi connectivity index (χ2n) is 6.54. The lowest BCUT2D eigenvalue weighted by Gasteiger charge is -2.19. The monoisotopic (exact) mass is 426 g/mol. The molecule has 4 rings (SSSR count). The second kappa shape index (κ2) is 7.74. The maximum Gasteiger partial charge on any atom is 0.325 e. The van der Waals surface area contributed by atoms with Crippen LogP contribution in [0.4, 0.5) is 16.2 Å². The maximum atomic E-state index is 12.4. The minimum absolute atomic E-state index is 0.0517. The van der Waals surface area contributed by atoms with Crippen LogP contribution in [0.2, 0.25) is 0 Å². The standard InChI is InChI=1S/C19H14N4O8/c24-16(21-19(27)20-10-1-4-14-15(7-10)31-6-5-30-14)9-22-17(25)12-3-2-11(23(28)29)8-13(12)18(22)26/h1-4,7-8H,5-6,9H2,(H2,20,21,24,27). The molecule has 2 aliphatic heterocycles. The Kier molecular flexibility index (Phi) is 4.95. The predicted molar refractivity (Wildman–Crippen MR) is 103 cm³/mol. The quantitative estimate of drug-likeness (QED) is 0.421. The number of non-ortho nitro benzene ring substituents is 1. The Morgan fingerprint density at radius 3 is 2.45 bits per heavy atom. The lowest BCUT2D eigenvalue weighted by Crippen LogP contribution is -2.43. The van der Waals surface area contributed by atoms with Crippen molar-refractivity contribution in [3.05, 3.63) is 57.6 Å². The van der Waals surface area contributed by atoms with Crippen molar-refractivity contribution in [2.45, 2.75) is 0 Å². The average Bonchev–Trinajstić information content (AvgIpc) is 2.97. The van der Waals surface area contributed by atoms with Gasteiger partial charge >= 0.3 is 6.03 Å². The molecule has 0 radical (unpaired) electrons. The van der Waals surface area contributed by atoms with Gasteiger partial charge < -0.3 is 14.8 Å². The molecule has 2 N–H and O–H groups in total. The van der Waals surface area contributed by atoms with E-state index < -0.39 is 35.2 Å². The van der Waals surface area contributed by atoms with Gasteiger partial charge in [0.2, 0.25) is 5.91 Å². The highest BCUT2D eigenvalue weighted by molar-refractivity contribution is 6.23. The zero-order valence-corrected chi connectivity index (χ0v) is 15.7.